The number of rotatable bonds is 5. The molecule has 0 bridgehead atoms. The van der Waals surface area contributed by atoms with Crippen molar-refractivity contribution >= 4 is 17.2 Å². The van der Waals surface area contributed by atoms with Crippen LogP contribution in [-0.4, -0.2) is 19.3 Å². The molecule has 0 unspecified atom stereocenters. The molecule has 0 amide bonds. The Kier molecular flexibility index (Phi) is 4.42. The summed E-state index contributed by atoms with van der Waals surface area (Å²) < 4.78 is 3.76. The predicted molar refractivity (Wildman–Crippen MR) is 94.4 cm³/mol. The number of aromatic nitrogens is 4. The van der Waals surface area contributed by atoms with Crippen LogP contribution in [0.25, 0.3) is 0 Å². The van der Waals surface area contributed by atoms with Gasteiger partial charge in [-0.05, 0) is 24.3 Å². The van der Waals surface area contributed by atoms with E-state index in [1.54, 1.807) is 10.9 Å². The van der Waals surface area contributed by atoms with Crippen LogP contribution in [0.1, 0.15) is 5.56 Å². The zero-order valence-corrected chi connectivity index (χ0v) is 13.4. The Morgan fingerprint density at radius 1 is 1.33 bits per heavy atom. The van der Waals surface area contributed by atoms with Gasteiger partial charge in [-0.1, -0.05) is 6.58 Å². The minimum absolute atomic E-state index is 0.638. The Morgan fingerprint density at radius 2 is 2.12 bits per heavy atom. The highest BCUT2D eigenvalue weighted by molar-refractivity contribution is 5.58. The Balaban J connectivity index is 1.97. The lowest BCUT2D eigenvalue weighted by Gasteiger charge is -2.11. The van der Waals surface area contributed by atoms with Gasteiger partial charge in [-0.15, -0.1) is 0 Å². The van der Waals surface area contributed by atoms with Gasteiger partial charge >= 0.3 is 0 Å². The molecule has 0 aliphatic rings. The molecule has 0 spiro atoms. The average molecular weight is 321 g/mol. The summed E-state index contributed by atoms with van der Waals surface area (Å²) in [6.45, 7) is 4.34. The van der Waals surface area contributed by atoms with Crippen molar-refractivity contribution in [1.82, 2.24) is 19.3 Å². The standard InChI is InChI=1S/C17H19N7/c1-3-19-17-16(22-15-6-4-14(18)5-7-15)20-8-9-24(17)12-13-10-21-23(2)11-13/h3-11H,1,12,18H2,2H3,(H,20,22). The van der Waals surface area contributed by atoms with Crippen LogP contribution in [0, 0.1) is 0 Å². The van der Waals surface area contributed by atoms with Crippen LogP contribution in [0.4, 0.5) is 17.2 Å². The fourth-order valence-electron chi connectivity index (χ4n) is 2.34. The topological polar surface area (TPSA) is 86.0 Å². The van der Waals surface area contributed by atoms with Crippen molar-refractivity contribution in [1.29, 1.82) is 0 Å². The van der Waals surface area contributed by atoms with Crippen molar-refractivity contribution in [2.75, 3.05) is 11.1 Å². The van der Waals surface area contributed by atoms with Crippen LogP contribution in [0.5, 0.6) is 0 Å². The van der Waals surface area contributed by atoms with Crippen LogP contribution >= 0.6 is 0 Å². The molecule has 0 radical (unpaired) electrons. The van der Waals surface area contributed by atoms with Gasteiger partial charge in [0.1, 0.15) is 0 Å². The van der Waals surface area contributed by atoms with E-state index in [4.69, 9.17) is 5.73 Å². The third kappa shape index (κ3) is 3.52. The van der Waals surface area contributed by atoms with Crippen molar-refractivity contribution < 1.29 is 0 Å². The second-order valence-electron chi connectivity index (χ2n) is 5.31. The number of nitrogens with one attached hydrogen (secondary N) is 1. The number of hydrogen-bond acceptors (Lipinski definition) is 5. The molecule has 0 atom stereocenters. The number of anilines is 3. The summed E-state index contributed by atoms with van der Waals surface area (Å²) in [6, 6.07) is 7.46. The summed E-state index contributed by atoms with van der Waals surface area (Å²) in [7, 11) is 1.89. The number of nitrogens with zero attached hydrogens (tertiary/aromatic N) is 5. The lowest BCUT2D eigenvalue weighted by atomic mass is 10.3. The summed E-state index contributed by atoms with van der Waals surface area (Å²) in [5.41, 5.74) is 9.08. The Hall–Kier alpha value is -3.35. The molecule has 122 valence electrons. The van der Waals surface area contributed by atoms with E-state index < -0.39 is 0 Å². The van der Waals surface area contributed by atoms with E-state index in [2.05, 4.69) is 27.0 Å². The van der Waals surface area contributed by atoms with Gasteiger partial charge in [0.05, 0.1) is 12.7 Å². The molecular weight excluding hydrogens is 302 g/mol. The molecule has 2 heterocycles. The summed E-state index contributed by atoms with van der Waals surface area (Å²) in [6.07, 6.45) is 8.92. The van der Waals surface area contributed by atoms with Crippen molar-refractivity contribution in [3.05, 3.63) is 72.9 Å². The maximum absolute atomic E-state index is 5.72. The lowest BCUT2D eigenvalue weighted by Crippen LogP contribution is -2.25. The van der Waals surface area contributed by atoms with Crippen molar-refractivity contribution in [2.24, 2.45) is 12.0 Å². The SMILES string of the molecule is C=CN=c1c(Nc2ccc(N)cc2)nccn1Cc1cnn(C)c1. The number of hydrogen-bond donors (Lipinski definition) is 2. The molecule has 0 fully saturated rings. The van der Waals surface area contributed by atoms with Gasteiger partial charge in [-0.2, -0.15) is 5.10 Å². The van der Waals surface area contributed by atoms with Crippen molar-refractivity contribution in [3.8, 4) is 0 Å². The third-order valence-corrected chi connectivity index (χ3v) is 3.43. The van der Waals surface area contributed by atoms with Gasteiger partial charge in [0.25, 0.3) is 0 Å². The van der Waals surface area contributed by atoms with Crippen molar-refractivity contribution in [2.45, 2.75) is 6.54 Å². The molecule has 24 heavy (non-hydrogen) atoms. The maximum Gasteiger partial charge on any atom is 0.176 e. The van der Waals surface area contributed by atoms with Crippen LogP contribution < -0.4 is 16.5 Å². The normalized spacial score (nSPS) is 11.5. The molecule has 0 saturated heterocycles. The Bertz CT molecular complexity index is 903. The zero-order chi connectivity index (χ0) is 16.9. The van der Waals surface area contributed by atoms with E-state index in [-0.39, 0.29) is 0 Å². The minimum Gasteiger partial charge on any atom is -0.399 e. The van der Waals surface area contributed by atoms with Gasteiger partial charge in [-0.25, -0.2) is 9.98 Å². The van der Waals surface area contributed by atoms with Gasteiger partial charge in [0, 0.05) is 48.8 Å². The lowest BCUT2D eigenvalue weighted by molar-refractivity contribution is 0.731. The quantitative estimate of drug-likeness (QED) is 0.704. The molecule has 0 aliphatic carbocycles. The van der Waals surface area contributed by atoms with Crippen LogP contribution in [0.3, 0.4) is 0 Å². The van der Waals surface area contributed by atoms with Gasteiger partial charge in [0.15, 0.2) is 11.3 Å². The molecule has 0 aliphatic heterocycles. The number of nitrogens with two attached hydrogens (primary N) is 1. The fourth-order valence-corrected chi connectivity index (χ4v) is 2.34. The highest BCUT2D eigenvalue weighted by atomic mass is 15.2. The van der Waals surface area contributed by atoms with E-state index in [1.807, 2.05) is 54.5 Å². The average Bonchev–Trinajstić information content (AvgIpc) is 2.98. The highest BCUT2D eigenvalue weighted by Crippen LogP contribution is 2.14. The van der Waals surface area contributed by atoms with Crippen molar-refractivity contribution in [3.63, 3.8) is 0 Å². The van der Waals surface area contributed by atoms with Gasteiger partial charge in [-0.3, -0.25) is 4.68 Å². The third-order valence-electron chi connectivity index (χ3n) is 3.43. The molecule has 7 nitrogen and oxygen atoms in total. The predicted octanol–water partition coefficient (Wildman–Crippen LogP) is 2.03. The summed E-state index contributed by atoms with van der Waals surface area (Å²) in [5.74, 6) is 0.645. The van der Waals surface area contributed by atoms with Crippen LogP contribution in [0.2, 0.25) is 0 Å². The molecule has 1 aromatic carbocycles. The number of aryl methyl sites for hydroxylation is 1. The summed E-state index contributed by atoms with van der Waals surface area (Å²) in [4.78, 5) is 8.77. The molecule has 0 saturated carbocycles. The Morgan fingerprint density at radius 3 is 2.79 bits per heavy atom. The Labute approximate surface area is 139 Å². The zero-order valence-electron chi connectivity index (χ0n) is 13.4. The van der Waals surface area contributed by atoms with E-state index in [9.17, 15) is 0 Å². The smallest absolute Gasteiger partial charge is 0.176 e. The first-order valence-corrected chi connectivity index (χ1v) is 7.46. The molecular formula is C17H19N7. The maximum atomic E-state index is 5.72. The van der Waals surface area contributed by atoms with E-state index in [0.717, 1.165) is 11.3 Å². The molecule has 3 N–H and O–H groups in total. The van der Waals surface area contributed by atoms with E-state index in [0.29, 0.717) is 23.5 Å². The number of nitrogen functional groups attached to an aromatic ring is 1. The first-order chi connectivity index (χ1) is 11.7. The fraction of sp³-hybridized carbons (Fsp3) is 0.118. The van der Waals surface area contributed by atoms with Gasteiger partial charge < -0.3 is 15.6 Å². The van der Waals surface area contributed by atoms with Crippen LogP contribution in [0.15, 0.2) is 66.8 Å². The molecule has 2 aromatic heterocycles. The summed E-state index contributed by atoms with van der Waals surface area (Å²) in [5, 5.41) is 7.46. The van der Waals surface area contributed by atoms with E-state index >= 15 is 0 Å². The second kappa shape index (κ2) is 6.82. The highest BCUT2D eigenvalue weighted by Gasteiger charge is 2.05. The van der Waals surface area contributed by atoms with Crippen LogP contribution in [-0.2, 0) is 13.6 Å². The molecule has 7 heteroatoms. The second-order valence-corrected chi connectivity index (χ2v) is 5.31. The molecule has 3 aromatic rings. The minimum atomic E-state index is 0.638. The largest absolute Gasteiger partial charge is 0.399 e. The monoisotopic (exact) mass is 321 g/mol. The first kappa shape index (κ1) is 15.5. The van der Waals surface area contributed by atoms with E-state index in [1.165, 1.54) is 6.20 Å². The summed E-state index contributed by atoms with van der Waals surface area (Å²) >= 11 is 0. The number of benzene rings is 1. The van der Waals surface area contributed by atoms with Gasteiger partial charge in [0.2, 0.25) is 0 Å². The molecule has 3 rings (SSSR count). The first-order valence-electron chi connectivity index (χ1n) is 7.46.